The van der Waals surface area contributed by atoms with Crippen molar-refractivity contribution in [3.05, 3.63) is 35.4 Å². The minimum absolute atomic E-state index is 0.0182. The quantitative estimate of drug-likeness (QED) is 0.813. The summed E-state index contributed by atoms with van der Waals surface area (Å²) in [6.07, 6.45) is 1.95. The monoisotopic (exact) mass is 378 g/mol. The average molecular weight is 378 g/mol. The van der Waals surface area contributed by atoms with Crippen LogP contribution in [0.5, 0.6) is 0 Å². The van der Waals surface area contributed by atoms with Gasteiger partial charge < -0.3 is 10.2 Å². The molecular weight excluding hydrogens is 352 g/mol. The van der Waals surface area contributed by atoms with Crippen LogP contribution in [0.3, 0.4) is 0 Å². The molecule has 0 saturated carbocycles. The molecule has 0 radical (unpaired) electrons. The average Bonchev–Trinajstić information content (AvgIpc) is 2.99. The zero-order valence-electron chi connectivity index (χ0n) is 15.1. The molecule has 0 bridgehead atoms. The molecule has 2 amide bonds. The topological polar surface area (TPSA) is 83.6 Å². The number of aryl methyl sites for hydroxylation is 1. The molecule has 3 rings (SSSR count). The van der Waals surface area contributed by atoms with Crippen molar-refractivity contribution >= 4 is 21.7 Å². The number of benzene rings is 1. The van der Waals surface area contributed by atoms with Gasteiger partial charge in [-0.1, -0.05) is 29.8 Å². The van der Waals surface area contributed by atoms with Crippen LogP contribution in [0.4, 0.5) is 4.79 Å². The van der Waals surface area contributed by atoms with E-state index >= 15 is 0 Å². The third-order valence-corrected chi connectivity index (χ3v) is 7.19. The van der Waals surface area contributed by atoms with Crippen LogP contribution in [0.1, 0.15) is 35.2 Å². The molecule has 0 aromatic heterocycles. The number of rotatable bonds is 4. The van der Waals surface area contributed by atoms with Crippen molar-refractivity contribution in [2.45, 2.75) is 26.2 Å². The second kappa shape index (κ2) is 7.78. The summed E-state index contributed by atoms with van der Waals surface area (Å²) in [6, 6.07) is 7.46. The summed E-state index contributed by atoms with van der Waals surface area (Å²) in [7, 11) is -2.92. The van der Waals surface area contributed by atoms with Crippen molar-refractivity contribution in [2.75, 3.05) is 31.1 Å². The van der Waals surface area contributed by atoms with E-state index in [4.69, 9.17) is 0 Å². The van der Waals surface area contributed by atoms with E-state index in [2.05, 4.69) is 5.32 Å². The summed E-state index contributed by atoms with van der Waals surface area (Å²) in [5.41, 5.74) is 1.86. The van der Waals surface area contributed by atoms with Gasteiger partial charge in [0.15, 0.2) is 15.6 Å². The number of Topliss-reactive ketones (excluding diaryl/α,β-unsaturated/α-hetero) is 1. The molecule has 7 heteroatoms. The molecule has 2 saturated heterocycles. The molecule has 1 aromatic carbocycles. The van der Waals surface area contributed by atoms with E-state index in [1.165, 1.54) is 0 Å². The lowest BCUT2D eigenvalue weighted by Crippen LogP contribution is -2.46. The van der Waals surface area contributed by atoms with Gasteiger partial charge in [0.1, 0.15) is 0 Å². The number of amides is 2. The van der Waals surface area contributed by atoms with E-state index in [9.17, 15) is 18.0 Å². The number of hydrogen-bond acceptors (Lipinski definition) is 4. The van der Waals surface area contributed by atoms with Crippen molar-refractivity contribution in [1.29, 1.82) is 0 Å². The van der Waals surface area contributed by atoms with Crippen molar-refractivity contribution < 1.29 is 18.0 Å². The van der Waals surface area contributed by atoms with Gasteiger partial charge in [-0.15, -0.1) is 0 Å². The second-order valence-electron chi connectivity index (χ2n) is 7.45. The van der Waals surface area contributed by atoms with Gasteiger partial charge in [0, 0.05) is 31.1 Å². The Morgan fingerprint density at radius 2 is 1.77 bits per heavy atom. The first-order valence-corrected chi connectivity index (χ1v) is 11.0. The van der Waals surface area contributed by atoms with E-state index in [1.807, 2.05) is 31.2 Å². The molecule has 26 heavy (non-hydrogen) atoms. The highest BCUT2D eigenvalue weighted by molar-refractivity contribution is 7.91. The van der Waals surface area contributed by atoms with Gasteiger partial charge in [-0.2, -0.15) is 0 Å². The zero-order chi connectivity index (χ0) is 18.7. The number of carbonyl (C=O) groups is 2. The Bertz CT molecular complexity index is 765. The smallest absolute Gasteiger partial charge is 0.317 e. The number of nitrogens with zero attached hydrogens (tertiary/aromatic N) is 1. The second-order valence-corrected chi connectivity index (χ2v) is 9.68. The number of ketones is 1. The van der Waals surface area contributed by atoms with E-state index in [1.54, 1.807) is 4.90 Å². The molecule has 0 aliphatic carbocycles. The molecule has 2 heterocycles. The summed E-state index contributed by atoms with van der Waals surface area (Å²) < 4.78 is 22.9. The van der Waals surface area contributed by atoms with Crippen molar-refractivity contribution in [3.8, 4) is 0 Å². The molecule has 2 aliphatic rings. The molecule has 1 atom stereocenters. The molecule has 2 aliphatic heterocycles. The predicted molar refractivity (Wildman–Crippen MR) is 100.0 cm³/mol. The summed E-state index contributed by atoms with van der Waals surface area (Å²) in [6.45, 7) is 3.50. The maximum Gasteiger partial charge on any atom is 0.317 e. The number of piperidine rings is 1. The number of sulfone groups is 1. The normalized spacial score (nSPS) is 23.0. The van der Waals surface area contributed by atoms with Gasteiger partial charge in [-0.25, -0.2) is 13.2 Å². The van der Waals surface area contributed by atoms with Crippen LogP contribution in [0.2, 0.25) is 0 Å². The number of likely N-dealkylation sites (tertiary alicyclic amines) is 1. The minimum Gasteiger partial charge on any atom is -0.338 e. The lowest BCUT2D eigenvalue weighted by Gasteiger charge is -2.31. The Labute approximate surface area is 154 Å². The van der Waals surface area contributed by atoms with Crippen LogP contribution in [0.15, 0.2) is 24.3 Å². The van der Waals surface area contributed by atoms with E-state index < -0.39 is 9.84 Å². The lowest BCUT2D eigenvalue weighted by molar-refractivity contribution is 0.0854. The first kappa shape index (κ1) is 18.9. The number of nitrogens with one attached hydrogen (secondary N) is 1. The molecule has 6 nitrogen and oxygen atoms in total. The molecule has 142 valence electrons. The Morgan fingerprint density at radius 1 is 1.12 bits per heavy atom. The van der Waals surface area contributed by atoms with Crippen LogP contribution in [0, 0.1) is 18.8 Å². The number of carbonyl (C=O) groups excluding carboxylic acids is 2. The molecule has 0 spiro atoms. The third-order valence-electron chi connectivity index (χ3n) is 5.36. The minimum atomic E-state index is -2.92. The van der Waals surface area contributed by atoms with Crippen LogP contribution in [0.25, 0.3) is 0 Å². The van der Waals surface area contributed by atoms with E-state index in [0.29, 0.717) is 38.9 Å². The molecule has 1 N–H and O–H groups in total. The highest BCUT2D eigenvalue weighted by atomic mass is 32.2. The highest BCUT2D eigenvalue weighted by Gasteiger charge is 2.30. The van der Waals surface area contributed by atoms with Crippen molar-refractivity contribution in [2.24, 2.45) is 11.8 Å². The highest BCUT2D eigenvalue weighted by Crippen LogP contribution is 2.22. The summed E-state index contributed by atoms with van der Waals surface area (Å²) in [4.78, 5) is 26.6. The fourth-order valence-electron chi connectivity index (χ4n) is 3.67. The largest absolute Gasteiger partial charge is 0.338 e. The van der Waals surface area contributed by atoms with Gasteiger partial charge >= 0.3 is 6.03 Å². The Kier molecular flexibility index (Phi) is 5.65. The summed E-state index contributed by atoms with van der Waals surface area (Å²) in [5.74, 6) is 0.521. The maximum absolute atomic E-state index is 12.6. The van der Waals surface area contributed by atoms with Gasteiger partial charge in [0.05, 0.1) is 11.5 Å². The Hall–Kier alpha value is -1.89. The van der Waals surface area contributed by atoms with Gasteiger partial charge in [-0.3, -0.25) is 4.79 Å². The summed E-state index contributed by atoms with van der Waals surface area (Å²) >= 11 is 0. The third kappa shape index (κ3) is 4.63. The predicted octanol–water partition coefficient (Wildman–Crippen LogP) is 2.03. The fraction of sp³-hybridized carbons (Fsp3) is 0.579. The van der Waals surface area contributed by atoms with Crippen molar-refractivity contribution in [1.82, 2.24) is 10.2 Å². The molecular formula is C19H26N2O4S. The SMILES string of the molecule is Cc1ccc(C(=O)C2CCN(C(=O)NC[C@@H]3CCS(=O)(=O)C3)CC2)cc1. The standard InChI is InChI=1S/C19H26N2O4S/c1-14-2-4-16(5-3-14)18(22)17-6-9-21(10-7-17)19(23)20-12-15-8-11-26(24,25)13-15/h2-5,15,17H,6-13H2,1H3,(H,20,23)/t15-/m0/s1. The summed E-state index contributed by atoms with van der Waals surface area (Å²) in [5, 5.41) is 2.85. The maximum atomic E-state index is 12.6. The fourth-order valence-corrected chi connectivity index (χ4v) is 5.54. The van der Waals surface area contributed by atoms with Crippen LogP contribution >= 0.6 is 0 Å². The van der Waals surface area contributed by atoms with Crippen LogP contribution < -0.4 is 5.32 Å². The zero-order valence-corrected chi connectivity index (χ0v) is 15.9. The van der Waals surface area contributed by atoms with Gasteiger partial charge in [0.2, 0.25) is 0 Å². The van der Waals surface area contributed by atoms with Crippen molar-refractivity contribution in [3.63, 3.8) is 0 Å². The number of urea groups is 1. The first-order valence-electron chi connectivity index (χ1n) is 9.18. The van der Waals surface area contributed by atoms with E-state index in [0.717, 1.165) is 11.1 Å². The van der Waals surface area contributed by atoms with Gasteiger partial charge in [-0.05, 0) is 32.1 Å². The van der Waals surface area contributed by atoms with Crippen LogP contribution in [-0.4, -0.2) is 56.3 Å². The molecule has 0 unspecified atom stereocenters. The van der Waals surface area contributed by atoms with E-state index in [-0.39, 0.29) is 35.2 Å². The lowest BCUT2D eigenvalue weighted by atomic mass is 9.89. The number of hydrogen-bond donors (Lipinski definition) is 1. The van der Waals surface area contributed by atoms with Crippen LogP contribution in [-0.2, 0) is 9.84 Å². The molecule has 1 aromatic rings. The first-order chi connectivity index (χ1) is 12.3. The Morgan fingerprint density at radius 3 is 2.35 bits per heavy atom. The molecule has 2 fully saturated rings. The van der Waals surface area contributed by atoms with Gasteiger partial charge in [0.25, 0.3) is 0 Å². The Balaban J connectivity index is 1.45.